The summed E-state index contributed by atoms with van der Waals surface area (Å²) in [5.74, 6) is -0.373. The Bertz CT molecular complexity index is 855. The first-order valence-corrected chi connectivity index (χ1v) is 7.65. The van der Waals surface area contributed by atoms with E-state index in [2.05, 4.69) is 4.98 Å². The molecule has 0 unspecified atom stereocenters. The first-order chi connectivity index (χ1) is 11.8. The molecule has 0 atom stereocenters. The lowest BCUT2D eigenvalue weighted by Crippen LogP contribution is -2.05. The average Bonchev–Trinajstić information content (AvgIpc) is 2.67. The Hall–Kier alpha value is -3.20. The molecule has 3 heteroatoms. The number of aromatic nitrogens is 1. The summed E-state index contributed by atoms with van der Waals surface area (Å²) in [6, 6.07) is 23.2. The van der Waals surface area contributed by atoms with Crippen LogP contribution in [0.15, 0.2) is 79.0 Å². The van der Waals surface area contributed by atoms with Crippen molar-refractivity contribution in [2.75, 3.05) is 7.11 Å². The standard InChI is InChI=1S/C21H17NO2/c1-24-21(23)19(15-16-9-3-2-4-10-16)17-11-5-6-12-18(17)20-13-7-8-14-22-20/h2-15H,1H3/b19-15-. The van der Waals surface area contributed by atoms with Gasteiger partial charge >= 0.3 is 5.97 Å². The third-order valence-electron chi connectivity index (χ3n) is 3.67. The molecule has 0 radical (unpaired) electrons. The van der Waals surface area contributed by atoms with E-state index < -0.39 is 0 Å². The van der Waals surface area contributed by atoms with Crippen molar-refractivity contribution >= 4 is 17.6 Å². The molecule has 118 valence electrons. The van der Waals surface area contributed by atoms with Crippen molar-refractivity contribution in [1.82, 2.24) is 4.98 Å². The van der Waals surface area contributed by atoms with Crippen LogP contribution < -0.4 is 0 Å². The van der Waals surface area contributed by atoms with Gasteiger partial charge in [0.2, 0.25) is 0 Å². The van der Waals surface area contributed by atoms with E-state index in [4.69, 9.17) is 4.74 Å². The van der Waals surface area contributed by atoms with Gasteiger partial charge in [0, 0.05) is 11.8 Å². The van der Waals surface area contributed by atoms with Gasteiger partial charge in [-0.05, 0) is 29.3 Å². The summed E-state index contributed by atoms with van der Waals surface area (Å²) < 4.78 is 5.00. The molecule has 3 nitrogen and oxygen atoms in total. The Labute approximate surface area is 141 Å². The van der Waals surface area contributed by atoms with Gasteiger partial charge in [-0.2, -0.15) is 0 Å². The molecule has 0 N–H and O–H groups in total. The normalized spacial score (nSPS) is 11.1. The quantitative estimate of drug-likeness (QED) is 0.405. The molecule has 3 rings (SSSR count). The van der Waals surface area contributed by atoms with Crippen molar-refractivity contribution in [3.8, 4) is 11.3 Å². The number of pyridine rings is 1. The lowest BCUT2D eigenvalue weighted by Gasteiger charge is -2.11. The molecule has 3 aromatic rings. The molecule has 0 aliphatic rings. The second kappa shape index (κ2) is 7.38. The van der Waals surface area contributed by atoms with Crippen LogP contribution in [-0.4, -0.2) is 18.1 Å². The van der Waals surface area contributed by atoms with Crippen LogP contribution in [0.3, 0.4) is 0 Å². The molecule has 0 aliphatic carbocycles. The van der Waals surface area contributed by atoms with Crippen molar-refractivity contribution in [2.45, 2.75) is 0 Å². The van der Waals surface area contributed by atoms with Crippen molar-refractivity contribution in [2.24, 2.45) is 0 Å². The molecule has 0 fully saturated rings. The largest absolute Gasteiger partial charge is 0.465 e. The van der Waals surface area contributed by atoms with Crippen molar-refractivity contribution in [3.05, 3.63) is 90.1 Å². The summed E-state index contributed by atoms with van der Waals surface area (Å²) >= 11 is 0. The van der Waals surface area contributed by atoms with Crippen LogP contribution in [0.5, 0.6) is 0 Å². The van der Waals surface area contributed by atoms with Gasteiger partial charge in [0.25, 0.3) is 0 Å². The smallest absolute Gasteiger partial charge is 0.338 e. The first-order valence-electron chi connectivity index (χ1n) is 7.65. The summed E-state index contributed by atoms with van der Waals surface area (Å²) in [4.78, 5) is 16.8. The Morgan fingerprint density at radius 2 is 1.62 bits per heavy atom. The Morgan fingerprint density at radius 1 is 0.917 bits per heavy atom. The van der Waals surface area contributed by atoms with E-state index in [9.17, 15) is 4.79 Å². The van der Waals surface area contributed by atoms with E-state index in [0.717, 1.165) is 22.4 Å². The van der Waals surface area contributed by atoms with Crippen LogP contribution in [0.1, 0.15) is 11.1 Å². The predicted molar refractivity (Wildman–Crippen MR) is 96.0 cm³/mol. The van der Waals surface area contributed by atoms with Crippen LogP contribution in [0.25, 0.3) is 22.9 Å². The number of carbonyl (C=O) groups excluding carboxylic acids is 1. The highest BCUT2D eigenvalue weighted by Gasteiger charge is 2.17. The fourth-order valence-electron chi connectivity index (χ4n) is 2.54. The van der Waals surface area contributed by atoms with Crippen LogP contribution in [-0.2, 0) is 9.53 Å². The van der Waals surface area contributed by atoms with E-state index in [1.54, 1.807) is 6.20 Å². The topological polar surface area (TPSA) is 39.2 Å². The molecule has 2 aromatic carbocycles. The molecule has 24 heavy (non-hydrogen) atoms. The van der Waals surface area contributed by atoms with E-state index in [0.29, 0.717) is 5.57 Å². The third-order valence-corrected chi connectivity index (χ3v) is 3.67. The zero-order chi connectivity index (χ0) is 16.8. The van der Waals surface area contributed by atoms with E-state index in [1.807, 2.05) is 78.9 Å². The molecule has 1 aromatic heterocycles. The molecule has 0 saturated carbocycles. The highest BCUT2D eigenvalue weighted by molar-refractivity contribution is 6.23. The van der Waals surface area contributed by atoms with Crippen molar-refractivity contribution in [1.29, 1.82) is 0 Å². The molecule has 0 aliphatic heterocycles. The minimum Gasteiger partial charge on any atom is -0.465 e. The highest BCUT2D eigenvalue weighted by atomic mass is 16.5. The Balaban J connectivity index is 2.17. The number of carbonyl (C=O) groups is 1. The number of ether oxygens (including phenoxy) is 1. The minimum absolute atomic E-state index is 0.373. The Morgan fingerprint density at radius 3 is 2.33 bits per heavy atom. The third kappa shape index (κ3) is 3.41. The second-order valence-electron chi connectivity index (χ2n) is 5.22. The molecule has 0 amide bonds. The lowest BCUT2D eigenvalue weighted by molar-refractivity contribution is -0.133. The highest BCUT2D eigenvalue weighted by Crippen LogP contribution is 2.29. The first kappa shape index (κ1) is 15.7. The molecule has 0 spiro atoms. The number of rotatable bonds is 4. The van der Waals surface area contributed by atoms with Crippen LogP contribution >= 0.6 is 0 Å². The Kier molecular flexibility index (Phi) is 4.82. The number of methoxy groups -OCH3 is 1. The number of hydrogen-bond acceptors (Lipinski definition) is 3. The summed E-state index contributed by atoms with van der Waals surface area (Å²) in [6.45, 7) is 0. The maximum atomic E-state index is 12.4. The predicted octanol–water partition coefficient (Wildman–Crippen LogP) is 4.46. The second-order valence-corrected chi connectivity index (χ2v) is 5.22. The summed E-state index contributed by atoms with van der Waals surface area (Å²) in [6.07, 6.45) is 3.58. The van der Waals surface area contributed by atoms with Crippen LogP contribution in [0.2, 0.25) is 0 Å². The van der Waals surface area contributed by atoms with Crippen molar-refractivity contribution < 1.29 is 9.53 Å². The van der Waals surface area contributed by atoms with Crippen molar-refractivity contribution in [3.63, 3.8) is 0 Å². The van der Waals surface area contributed by atoms with Crippen LogP contribution in [0.4, 0.5) is 0 Å². The zero-order valence-corrected chi connectivity index (χ0v) is 13.3. The molecular weight excluding hydrogens is 298 g/mol. The molecule has 1 heterocycles. The van der Waals surface area contributed by atoms with Gasteiger partial charge in [0.1, 0.15) is 0 Å². The SMILES string of the molecule is COC(=O)/C(=C\c1ccccc1)c1ccccc1-c1ccccn1. The van der Waals surface area contributed by atoms with Crippen LogP contribution in [0, 0.1) is 0 Å². The minimum atomic E-state index is -0.373. The molecule has 0 bridgehead atoms. The van der Waals surface area contributed by atoms with E-state index in [1.165, 1.54) is 7.11 Å². The zero-order valence-electron chi connectivity index (χ0n) is 13.3. The van der Waals surface area contributed by atoms with Gasteiger partial charge in [0.15, 0.2) is 0 Å². The number of nitrogens with zero attached hydrogens (tertiary/aromatic N) is 1. The number of esters is 1. The number of hydrogen-bond donors (Lipinski definition) is 0. The summed E-state index contributed by atoms with van der Waals surface area (Å²) in [7, 11) is 1.39. The maximum absolute atomic E-state index is 12.4. The fraction of sp³-hybridized carbons (Fsp3) is 0.0476. The van der Waals surface area contributed by atoms with Gasteiger partial charge in [-0.15, -0.1) is 0 Å². The van der Waals surface area contributed by atoms with E-state index >= 15 is 0 Å². The lowest BCUT2D eigenvalue weighted by atomic mass is 9.95. The molecule has 0 saturated heterocycles. The van der Waals surface area contributed by atoms with Gasteiger partial charge in [-0.3, -0.25) is 4.98 Å². The summed E-state index contributed by atoms with van der Waals surface area (Å²) in [5.41, 5.74) is 3.95. The van der Waals surface area contributed by atoms with Gasteiger partial charge in [-0.25, -0.2) is 4.79 Å². The fourth-order valence-corrected chi connectivity index (χ4v) is 2.54. The van der Waals surface area contributed by atoms with E-state index in [-0.39, 0.29) is 5.97 Å². The maximum Gasteiger partial charge on any atom is 0.338 e. The average molecular weight is 315 g/mol. The van der Waals surface area contributed by atoms with Gasteiger partial charge < -0.3 is 4.74 Å². The van der Waals surface area contributed by atoms with Gasteiger partial charge in [0.05, 0.1) is 18.4 Å². The summed E-state index contributed by atoms with van der Waals surface area (Å²) in [5, 5.41) is 0. The monoisotopic (exact) mass is 315 g/mol. The van der Waals surface area contributed by atoms with Gasteiger partial charge in [-0.1, -0.05) is 60.7 Å². The number of benzene rings is 2. The molecular formula is C21H17NO2.